The lowest BCUT2D eigenvalue weighted by Gasteiger charge is -2.33. The Kier molecular flexibility index (Phi) is 6.62. The van der Waals surface area contributed by atoms with Gasteiger partial charge in [0.25, 0.3) is 0 Å². The first kappa shape index (κ1) is 15.3. The molecule has 1 heterocycles. The van der Waals surface area contributed by atoms with E-state index in [4.69, 9.17) is 0 Å². The molecule has 0 bridgehead atoms. The molecule has 2 aliphatic rings. The highest BCUT2D eigenvalue weighted by Gasteiger charge is 2.19. The quantitative estimate of drug-likeness (QED) is 0.796. The molecule has 0 aromatic heterocycles. The Hall–Kier alpha value is -0.120. The molecule has 1 aliphatic carbocycles. The van der Waals surface area contributed by atoms with E-state index in [9.17, 15) is 0 Å². The Labute approximate surface area is 119 Å². The Bertz CT molecular complexity index is 228. The second-order valence-electron chi connectivity index (χ2n) is 6.84. The summed E-state index contributed by atoms with van der Waals surface area (Å²) >= 11 is 0. The summed E-state index contributed by atoms with van der Waals surface area (Å²) in [5.41, 5.74) is 0. The van der Waals surface area contributed by atoms with E-state index < -0.39 is 0 Å². The number of hydrogen-bond acceptors (Lipinski definition) is 3. The number of piperidine rings is 1. The summed E-state index contributed by atoms with van der Waals surface area (Å²) in [6.07, 6.45) is 9.93. The molecule has 19 heavy (non-hydrogen) atoms. The van der Waals surface area contributed by atoms with E-state index in [1.807, 2.05) is 0 Å². The molecule has 2 fully saturated rings. The van der Waals surface area contributed by atoms with Gasteiger partial charge in [0.15, 0.2) is 0 Å². The van der Waals surface area contributed by atoms with Crippen LogP contribution in [0.4, 0.5) is 0 Å². The molecule has 1 aliphatic heterocycles. The third kappa shape index (κ3) is 5.80. The van der Waals surface area contributed by atoms with Crippen molar-refractivity contribution in [3.63, 3.8) is 0 Å². The summed E-state index contributed by atoms with van der Waals surface area (Å²) in [6.45, 7) is 6.35. The summed E-state index contributed by atoms with van der Waals surface area (Å²) < 4.78 is 0. The summed E-state index contributed by atoms with van der Waals surface area (Å²) in [4.78, 5) is 4.99. The van der Waals surface area contributed by atoms with Crippen LogP contribution in [-0.4, -0.2) is 62.7 Å². The summed E-state index contributed by atoms with van der Waals surface area (Å²) in [5, 5.41) is 3.76. The predicted octanol–water partition coefficient (Wildman–Crippen LogP) is 2.18. The summed E-state index contributed by atoms with van der Waals surface area (Å²) in [6, 6.07) is 0.819. The molecule has 2 rings (SSSR count). The monoisotopic (exact) mass is 267 g/mol. The maximum atomic E-state index is 3.76. The van der Waals surface area contributed by atoms with E-state index in [1.165, 1.54) is 77.7 Å². The van der Waals surface area contributed by atoms with Gasteiger partial charge in [0, 0.05) is 25.7 Å². The molecule has 1 saturated heterocycles. The minimum absolute atomic E-state index is 0.819. The number of hydrogen-bond donors (Lipinski definition) is 1. The van der Waals surface area contributed by atoms with Crippen molar-refractivity contribution in [3.05, 3.63) is 0 Å². The fraction of sp³-hybridized carbons (Fsp3) is 1.00. The predicted molar refractivity (Wildman–Crippen MR) is 82.6 cm³/mol. The first-order valence-corrected chi connectivity index (χ1v) is 8.34. The largest absolute Gasteiger partial charge is 0.313 e. The first-order valence-electron chi connectivity index (χ1n) is 8.34. The molecule has 112 valence electrons. The first-order chi connectivity index (χ1) is 9.24. The van der Waals surface area contributed by atoms with Crippen molar-refractivity contribution in [2.75, 3.05) is 46.8 Å². The minimum atomic E-state index is 0.819. The van der Waals surface area contributed by atoms with Crippen molar-refractivity contribution < 1.29 is 0 Å². The van der Waals surface area contributed by atoms with Crippen LogP contribution in [0.15, 0.2) is 0 Å². The van der Waals surface area contributed by atoms with Gasteiger partial charge in [-0.2, -0.15) is 0 Å². The molecule has 0 aromatic rings. The van der Waals surface area contributed by atoms with Crippen molar-refractivity contribution in [1.29, 1.82) is 0 Å². The lowest BCUT2D eigenvalue weighted by Crippen LogP contribution is -2.42. The molecule has 0 radical (unpaired) electrons. The molecular weight excluding hydrogens is 234 g/mol. The second kappa shape index (κ2) is 8.23. The molecule has 0 aromatic carbocycles. The minimum Gasteiger partial charge on any atom is -0.313 e. The van der Waals surface area contributed by atoms with Crippen molar-refractivity contribution in [2.45, 2.75) is 51.0 Å². The average molecular weight is 267 g/mol. The molecule has 1 saturated carbocycles. The Morgan fingerprint density at radius 1 is 1.00 bits per heavy atom. The third-order valence-electron chi connectivity index (χ3n) is 4.80. The van der Waals surface area contributed by atoms with E-state index in [0.717, 1.165) is 12.0 Å². The smallest absolute Gasteiger partial charge is 0.0107 e. The Balaban J connectivity index is 1.53. The van der Waals surface area contributed by atoms with Crippen LogP contribution in [0.5, 0.6) is 0 Å². The van der Waals surface area contributed by atoms with Crippen molar-refractivity contribution in [2.24, 2.45) is 5.92 Å². The molecule has 3 heteroatoms. The fourth-order valence-corrected chi connectivity index (χ4v) is 3.64. The van der Waals surface area contributed by atoms with Crippen LogP contribution >= 0.6 is 0 Å². The third-order valence-corrected chi connectivity index (χ3v) is 4.80. The summed E-state index contributed by atoms with van der Waals surface area (Å²) in [7, 11) is 4.39. The van der Waals surface area contributed by atoms with Crippen molar-refractivity contribution in [3.8, 4) is 0 Å². The van der Waals surface area contributed by atoms with Gasteiger partial charge in [-0.3, -0.25) is 0 Å². The lowest BCUT2D eigenvalue weighted by molar-refractivity contribution is 0.161. The van der Waals surface area contributed by atoms with Crippen LogP contribution in [0, 0.1) is 5.92 Å². The Morgan fingerprint density at radius 2 is 1.68 bits per heavy atom. The summed E-state index contributed by atoms with van der Waals surface area (Å²) in [5.74, 6) is 0.928. The van der Waals surface area contributed by atoms with Crippen molar-refractivity contribution >= 4 is 0 Å². The van der Waals surface area contributed by atoms with E-state index >= 15 is 0 Å². The molecule has 0 unspecified atom stereocenters. The molecule has 3 nitrogen and oxygen atoms in total. The molecular formula is C16H33N3. The van der Waals surface area contributed by atoms with E-state index in [0.29, 0.717) is 0 Å². The van der Waals surface area contributed by atoms with Crippen LogP contribution in [0.3, 0.4) is 0 Å². The second-order valence-corrected chi connectivity index (χ2v) is 6.84. The Morgan fingerprint density at radius 3 is 2.32 bits per heavy atom. The van der Waals surface area contributed by atoms with Gasteiger partial charge in [0.05, 0.1) is 0 Å². The van der Waals surface area contributed by atoms with Gasteiger partial charge in [-0.05, 0) is 58.8 Å². The average Bonchev–Trinajstić information content (AvgIpc) is 2.41. The van der Waals surface area contributed by atoms with E-state index in [1.54, 1.807) is 0 Å². The van der Waals surface area contributed by atoms with Crippen LogP contribution in [0.2, 0.25) is 0 Å². The topological polar surface area (TPSA) is 18.5 Å². The zero-order chi connectivity index (χ0) is 13.5. The van der Waals surface area contributed by atoms with Crippen LogP contribution in [0.25, 0.3) is 0 Å². The molecule has 0 amide bonds. The number of nitrogens with zero attached hydrogens (tertiary/aromatic N) is 2. The number of nitrogens with one attached hydrogen (secondary N) is 1. The highest BCUT2D eigenvalue weighted by Crippen LogP contribution is 2.18. The van der Waals surface area contributed by atoms with Gasteiger partial charge in [-0.1, -0.05) is 19.3 Å². The van der Waals surface area contributed by atoms with Gasteiger partial charge in [0.1, 0.15) is 0 Å². The van der Waals surface area contributed by atoms with Gasteiger partial charge < -0.3 is 15.1 Å². The van der Waals surface area contributed by atoms with Gasteiger partial charge >= 0.3 is 0 Å². The number of rotatable bonds is 6. The van der Waals surface area contributed by atoms with Gasteiger partial charge in [-0.15, -0.1) is 0 Å². The lowest BCUT2D eigenvalue weighted by atomic mass is 9.95. The molecule has 0 atom stereocenters. The molecule has 0 spiro atoms. The zero-order valence-corrected chi connectivity index (χ0v) is 13.0. The maximum Gasteiger partial charge on any atom is 0.0107 e. The van der Waals surface area contributed by atoms with Crippen LogP contribution in [-0.2, 0) is 0 Å². The van der Waals surface area contributed by atoms with Gasteiger partial charge in [0.2, 0.25) is 0 Å². The molecule has 1 N–H and O–H groups in total. The van der Waals surface area contributed by atoms with E-state index in [2.05, 4.69) is 29.2 Å². The number of likely N-dealkylation sites (tertiary alicyclic amines) is 1. The highest BCUT2D eigenvalue weighted by molar-refractivity contribution is 4.76. The van der Waals surface area contributed by atoms with Crippen molar-refractivity contribution in [1.82, 2.24) is 15.1 Å². The van der Waals surface area contributed by atoms with E-state index in [-0.39, 0.29) is 0 Å². The van der Waals surface area contributed by atoms with Gasteiger partial charge in [-0.25, -0.2) is 0 Å². The maximum absolute atomic E-state index is 3.76. The normalized spacial score (nSPS) is 24.2. The van der Waals surface area contributed by atoms with Crippen LogP contribution in [0.1, 0.15) is 44.9 Å². The standard InChI is InChI=1S/C16H33N3/c1-18(2)14-15-8-11-19(12-9-15)13-10-17-16-6-4-3-5-7-16/h15-17H,3-14H2,1-2H3. The SMILES string of the molecule is CN(C)CC1CCN(CCNC2CCCCC2)CC1. The highest BCUT2D eigenvalue weighted by atomic mass is 15.1. The fourth-order valence-electron chi connectivity index (χ4n) is 3.64. The van der Waals surface area contributed by atoms with Crippen LogP contribution < -0.4 is 5.32 Å². The zero-order valence-electron chi connectivity index (χ0n) is 13.0.